The zero-order chi connectivity index (χ0) is 17.5. The van der Waals surface area contributed by atoms with Crippen LogP contribution in [0.2, 0.25) is 0 Å². The number of amides is 1. The minimum Gasteiger partial charge on any atom is -0.384 e. The monoisotopic (exact) mass is 353 g/mol. The van der Waals surface area contributed by atoms with Gasteiger partial charge in [0.1, 0.15) is 0 Å². The largest absolute Gasteiger partial charge is 0.384 e. The molecule has 0 radical (unpaired) electrons. The zero-order valence-corrected chi connectivity index (χ0v) is 15.8. The molecule has 0 saturated carbocycles. The summed E-state index contributed by atoms with van der Waals surface area (Å²) in [6, 6.07) is 0. The number of methoxy groups -OCH3 is 1. The average Bonchev–Trinajstić information content (AvgIpc) is 3.16. The molecule has 0 atom stereocenters. The Hall–Kier alpha value is -0.690. The third-order valence-electron chi connectivity index (χ3n) is 6.12. The van der Waals surface area contributed by atoms with Crippen LogP contribution in [0.25, 0.3) is 0 Å². The van der Waals surface area contributed by atoms with Crippen molar-refractivity contribution in [1.82, 2.24) is 15.1 Å². The fourth-order valence-corrected chi connectivity index (χ4v) is 4.52. The number of carbonyl (C=O) groups is 1. The van der Waals surface area contributed by atoms with Gasteiger partial charge in [0.15, 0.2) is 0 Å². The van der Waals surface area contributed by atoms with Crippen molar-refractivity contribution in [1.29, 1.82) is 0 Å². The normalized spacial score (nSPS) is 25.4. The molecule has 6 nitrogen and oxygen atoms in total. The van der Waals surface area contributed by atoms with Crippen LogP contribution in [0, 0.1) is 5.41 Å². The fraction of sp³-hybridized carbons (Fsp3) is 0.947. The van der Waals surface area contributed by atoms with Gasteiger partial charge in [0.05, 0.1) is 24.7 Å². The molecule has 1 amide bonds. The van der Waals surface area contributed by atoms with Gasteiger partial charge in [-0.25, -0.2) is 0 Å². The second-order valence-corrected chi connectivity index (χ2v) is 7.87. The summed E-state index contributed by atoms with van der Waals surface area (Å²) in [5.41, 5.74) is -0.316. The van der Waals surface area contributed by atoms with Crippen LogP contribution in [0.3, 0.4) is 0 Å². The number of carbonyl (C=O) groups excluding carboxylic acids is 1. The van der Waals surface area contributed by atoms with Crippen molar-refractivity contribution in [2.45, 2.75) is 44.6 Å². The number of likely N-dealkylation sites (tertiary alicyclic amines) is 2. The van der Waals surface area contributed by atoms with Gasteiger partial charge in [-0.05, 0) is 64.7 Å². The maximum absolute atomic E-state index is 13.1. The number of nitrogens with one attached hydrogen (secondary N) is 1. The summed E-state index contributed by atoms with van der Waals surface area (Å²) < 4.78 is 11.5. The van der Waals surface area contributed by atoms with Gasteiger partial charge in [0.25, 0.3) is 0 Å². The summed E-state index contributed by atoms with van der Waals surface area (Å²) in [5, 5.41) is 3.36. The van der Waals surface area contributed by atoms with E-state index in [0.717, 1.165) is 65.0 Å². The van der Waals surface area contributed by atoms with Crippen molar-refractivity contribution in [2.24, 2.45) is 5.41 Å². The Labute approximate surface area is 152 Å². The Bertz CT molecular complexity index is 407. The molecule has 3 aliphatic heterocycles. The Kier molecular flexibility index (Phi) is 7.10. The first-order chi connectivity index (χ1) is 12.2. The highest BCUT2D eigenvalue weighted by atomic mass is 16.5. The van der Waals surface area contributed by atoms with E-state index >= 15 is 0 Å². The molecule has 0 spiro atoms. The molecular weight excluding hydrogens is 318 g/mol. The smallest absolute Gasteiger partial charge is 0.231 e. The Morgan fingerprint density at radius 2 is 1.80 bits per heavy atom. The SMILES string of the molecule is COCC1(C(=O)N2CCC(OCCN3CCCC3)CC2)CCNCC1. The van der Waals surface area contributed by atoms with Gasteiger partial charge in [-0.1, -0.05) is 0 Å². The van der Waals surface area contributed by atoms with Crippen LogP contribution in [0.15, 0.2) is 0 Å². The first-order valence-electron chi connectivity index (χ1n) is 10.1. The minimum absolute atomic E-state index is 0.298. The highest BCUT2D eigenvalue weighted by Gasteiger charge is 2.42. The number of ether oxygens (including phenoxy) is 2. The van der Waals surface area contributed by atoms with Crippen molar-refractivity contribution < 1.29 is 14.3 Å². The van der Waals surface area contributed by atoms with E-state index in [0.29, 0.717) is 18.6 Å². The van der Waals surface area contributed by atoms with Gasteiger partial charge in [-0.3, -0.25) is 4.79 Å². The Morgan fingerprint density at radius 3 is 2.44 bits per heavy atom. The summed E-state index contributed by atoms with van der Waals surface area (Å²) >= 11 is 0. The van der Waals surface area contributed by atoms with Gasteiger partial charge in [-0.2, -0.15) is 0 Å². The van der Waals surface area contributed by atoms with Crippen LogP contribution in [0.4, 0.5) is 0 Å². The van der Waals surface area contributed by atoms with Gasteiger partial charge in [-0.15, -0.1) is 0 Å². The standard InChI is InChI=1S/C19H35N3O3/c1-24-16-19(6-8-20-9-7-19)18(23)22-12-4-17(5-13-22)25-15-14-21-10-2-3-11-21/h17,20H,2-16H2,1H3. The van der Waals surface area contributed by atoms with E-state index in [1.165, 1.54) is 25.9 Å². The molecule has 3 aliphatic rings. The van der Waals surface area contributed by atoms with Crippen molar-refractivity contribution in [2.75, 3.05) is 66.1 Å². The molecule has 1 N–H and O–H groups in total. The molecule has 0 aromatic rings. The molecule has 0 aliphatic carbocycles. The van der Waals surface area contributed by atoms with E-state index < -0.39 is 0 Å². The first kappa shape index (κ1) is 19.1. The first-order valence-corrected chi connectivity index (χ1v) is 10.1. The summed E-state index contributed by atoms with van der Waals surface area (Å²) in [7, 11) is 1.71. The maximum atomic E-state index is 13.1. The number of hydrogen-bond acceptors (Lipinski definition) is 5. The molecule has 3 saturated heterocycles. The fourth-order valence-electron chi connectivity index (χ4n) is 4.52. The second kappa shape index (κ2) is 9.31. The lowest BCUT2D eigenvalue weighted by Gasteiger charge is -2.42. The van der Waals surface area contributed by atoms with Crippen molar-refractivity contribution >= 4 is 5.91 Å². The van der Waals surface area contributed by atoms with Crippen LogP contribution in [-0.4, -0.2) is 87.9 Å². The maximum Gasteiger partial charge on any atom is 0.231 e. The highest BCUT2D eigenvalue weighted by molar-refractivity contribution is 5.83. The molecule has 6 heteroatoms. The van der Waals surface area contributed by atoms with Crippen molar-refractivity contribution in [3.05, 3.63) is 0 Å². The van der Waals surface area contributed by atoms with Gasteiger partial charge < -0.3 is 24.6 Å². The number of rotatable bonds is 7. The second-order valence-electron chi connectivity index (χ2n) is 7.87. The van der Waals surface area contributed by atoms with Crippen LogP contribution < -0.4 is 5.32 Å². The predicted octanol–water partition coefficient (Wildman–Crippen LogP) is 1.11. The third kappa shape index (κ3) is 4.94. The lowest BCUT2D eigenvalue weighted by atomic mass is 9.78. The predicted molar refractivity (Wildman–Crippen MR) is 97.6 cm³/mol. The van der Waals surface area contributed by atoms with Gasteiger partial charge in [0.2, 0.25) is 5.91 Å². The van der Waals surface area contributed by atoms with Crippen LogP contribution >= 0.6 is 0 Å². The molecular formula is C19H35N3O3. The van der Waals surface area contributed by atoms with E-state index in [-0.39, 0.29) is 5.41 Å². The van der Waals surface area contributed by atoms with Crippen molar-refractivity contribution in [3.63, 3.8) is 0 Å². The van der Waals surface area contributed by atoms with Crippen LogP contribution in [-0.2, 0) is 14.3 Å². The van der Waals surface area contributed by atoms with E-state index in [1.54, 1.807) is 7.11 Å². The average molecular weight is 354 g/mol. The Morgan fingerprint density at radius 1 is 1.12 bits per heavy atom. The number of hydrogen-bond donors (Lipinski definition) is 1. The van der Waals surface area contributed by atoms with Gasteiger partial charge in [0, 0.05) is 26.7 Å². The lowest BCUT2D eigenvalue weighted by Crippen LogP contribution is -2.53. The van der Waals surface area contributed by atoms with Crippen LogP contribution in [0.5, 0.6) is 0 Å². The highest BCUT2D eigenvalue weighted by Crippen LogP contribution is 2.32. The van der Waals surface area contributed by atoms with Crippen molar-refractivity contribution in [3.8, 4) is 0 Å². The van der Waals surface area contributed by atoms with E-state index in [9.17, 15) is 4.79 Å². The summed E-state index contributed by atoms with van der Waals surface area (Å²) in [6.07, 6.45) is 6.68. The Balaban J connectivity index is 1.41. The molecule has 3 heterocycles. The van der Waals surface area contributed by atoms with E-state index in [1.807, 2.05) is 0 Å². The summed E-state index contributed by atoms with van der Waals surface area (Å²) in [5.74, 6) is 0.298. The van der Waals surface area contributed by atoms with Gasteiger partial charge >= 0.3 is 0 Å². The zero-order valence-electron chi connectivity index (χ0n) is 15.8. The topological polar surface area (TPSA) is 54.0 Å². The molecule has 25 heavy (non-hydrogen) atoms. The molecule has 0 aromatic carbocycles. The molecule has 0 aromatic heterocycles. The number of nitrogens with zero attached hydrogens (tertiary/aromatic N) is 2. The minimum atomic E-state index is -0.316. The molecule has 0 unspecified atom stereocenters. The molecule has 3 rings (SSSR count). The van der Waals surface area contributed by atoms with E-state index in [4.69, 9.17) is 9.47 Å². The lowest BCUT2D eigenvalue weighted by molar-refractivity contribution is -0.150. The molecule has 0 bridgehead atoms. The third-order valence-corrected chi connectivity index (χ3v) is 6.12. The quantitative estimate of drug-likeness (QED) is 0.743. The molecule has 144 valence electrons. The van der Waals surface area contributed by atoms with E-state index in [2.05, 4.69) is 15.1 Å². The summed E-state index contributed by atoms with van der Waals surface area (Å²) in [6.45, 7) is 8.36. The number of piperidine rings is 2. The summed E-state index contributed by atoms with van der Waals surface area (Å²) in [4.78, 5) is 17.7. The van der Waals surface area contributed by atoms with Crippen LogP contribution in [0.1, 0.15) is 38.5 Å². The molecule has 3 fully saturated rings.